The summed E-state index contributed by atoms with van der Waals surface area (Å²) in [4.78, 5) is 32.2. The zero-order valence-electron chi connectivity index (χ0n) is 19.1. The second-order valence-corrected chi connectivity index (χ2v) is 8.78. The fourth-order valence-corrected chi connectivity index (χ4v) is 5.19. The van der Waals surface area contributed by atoms with E-state index < -0.39 is 5.56 Å². The minimum atomic E-state index is -0.432. The van der Waals surface area contributed by atoms with Gasteiger partial charge in [-0.05, 0) is 53.9 Å². The Bertz CT molecular complexity index is 2080. The van der Waals surface area contributed by atoms with E-state index in [-0.39, 0.29) is 11.1 Å². The molecule has 0 spiro atoms. The first-order valence-corrected chi connectivity index (χ1v) is 11.7. The lowest BCUT2D eigenvalue weighted by molar-refractivity contribution is 0.971. The second-order valence-electron chi connectivity index (χ2n) is 8.78. The number of benzene rings is 4. The number of rotatable bonds is 2. The van der Waals surface area contributed by atoms with Gasteiger partial charge in [-0.1, -0.05) is 60.7 Å². The van der Waals surface area contributed by atoms with Crippen molar-refractivity contribution in [3.05, 3.63) is 136 Å². The number of para-hydroxylation sites is 3. The molecule has 0 atom stereocenters. The molecule has 0 N–H and O–H groups in total. The van der Waals surface area contributed by atoms with Gasteiger partial charge in [-0.15, -0.1) is 0 Å². The molecule has 0 unspecified atom stereocenters. The summed E-state index contributed by atoms with van der Waals surface area (Å²) in [5.74, 6) is 0. The van der Waals surface area contributed by atoms with Crippen LogP contribution in [0.15, 0.2) is 125 Å². The minimum Gasteiger partial charge on any atom is -0.309 e. The van der Waals surface area contributed by atoms with E-state index in [2.05, 4.69) is 33.8 Å². The molecule has 0 saturated carbocycles. The summed E-state index contributed by atoms with van der Waals surface area (Å²) in [6.07, 6.45) is 1.59. The van der Waals surface area contributed by atoms with Crippen molar-refractivity contribution in [2.45, 2.75) is 0 Å². The molecule has 4 aromatic carbocycles. The van der Waals surface area contributed by atoms with Gasteiger partial charge in [-0.3, -0.25) is 14.6 Å². The molecule has 170 valence electrons. The summed E-state index contributed by atoms with van der Waals surface area (Å²) < 4.78 is 3.44. The summed E-state index contributed by atoms with van der Waals surface area (Å²) in [6, 6.07) is 35.0. The fraction of sp³-hybridized carbons (Fsp3) is 0. The number of fused-ring (bicyclic) bond motifs is 6. The van der Waals surface area contributed by atoms with Gasteiger partial charge in [0.2, 0.25) is 0 Å². The van der Waals surface area contributed by atoms with Crippen LogP contribution in [-0.2, 0) is 0 Å². The maximum atomic E-state index is 14.0. The third-order valence-electron chi connectivity index (χ3n) is 6.78. The van der Waals surface area contributed by atoms with Crippen molar-refractivity contribution >= 4 is 43.5 Å². The minimum absolute atomic E-state index is 0.259. The van der Waals surface area contributed by atoms with Gasteiger partial charge in [0.1, 0.15) is 5.52 Å². The molecule has 0 aliphatic heterocycles. The summed E-state index contributed by atoms with van der Waals surface area (Å²) in [5, 5.41) is 3.82. The quantitative estimate of drug-likeness (QED) is 0.315. The Morgan fingerprint density at radius 3 is 1.86 bits per heavy atom. The van der Waals surface area contributed by atoms with Crippen molar-refractivity contribution in [1.29, 1.82) is 0 Å². The highest BCUT2D eigenvalue weighted by Crippen LogP contribution is 2.35. The molecule has 3 aromatic heterocycles. The predicted molar refractivity (Wildman–Crippen MR) is 145 cm³/mol. The highest BCUT2D eigenvalue weighted by Gasteiger charge is 2.18. The SMILES string of the molecule is O=c1c2cc3c4ccccc4n(-c4ccccc4)c3cc2c2cccnc2c(=O)n1-c1ccccc1. The van der Waals surface area contributed by atoms with Crippen LogP contribution in [0, 0.1) is 0 Å². The predicted octanol–water partition coefficient (Wildman–Crippen LogP) is 6.00. The Kier molecular flexibility index (Phi) is 4.38. The largest absolute Gasteiger partial charge is 0.309 e. The van der Waals surface area contributed by atoms with Crippen molar-refractivity contribution in [3.63, 3.8) is 0 Å². The molecule has 0 radical (unpaired) electrons. The third kappa shape index (κ3) is 2.86. The lowest BCUT2D eigenvalue weighted by Gasteiger charge is -2.08. The van der Waals surface area contributed by atoms with Crippen molar-refractivity contribution < 1.29 is 0 Å². The molecule has 0 amide bonds. The van der Waals surface area contributed by atoms with Crippen LogP contribution in [0.5, 0.6) is 0 Å². The van der Waals surface area contributed by atoms with Gasteiger partial charge in [0, 0.05) is 33.4 Å². The molecule has 0 saturated heterocycles. The number of hydrogen-bond donors (Lipinski definition) is 0. The first-order chi connectivity index (χ1) is 17.7. The van der Waals surface area contributed by atoms with Crippen LogP contribution in [0.1, 0.15) is 0 Å². The van der Waals surface area contributed by atoms with Gasteiger partial charge in [-0.2, -0.15) is 0 Å². The molecule has 3 heterocycles. The lowest BCUT2D eigenvalue weighted by Crippen LogP contribution is -2.28. The molecule has 7 aromatic rings. The number of aromatic nitrogens is 3. The number of nitrogens with zero attached hydrogens (tertiary/aromatic N) is 3. The molecule has 0 bridgehead atoms. The molecular weight excluding hydrogens is 446 g/mol. The fourth-order valence-electron chi connectivity index (χ4n) is 5.19. The van der Waals surface area contributed by atoms with Gasteiger partial charge >= 0.3 is 0 Å². The van der Waals surface area contributed by atoms with Crippen molar-refractivity contribution in [2.24, 2.45) is 0 Å². The van der Waals surface area contributed by atoms with Crippen LogP contribution in [0.25, 0.3) is 54.9 Å². The number of pyridine rings is 1. The van der Waals surface area contributed by atoms with Crippen molar-refractivity contribution in [1.82, 2.24) is 14.1 Å². The van der Waals surface area contributed by atoms with E-state index in [4.69, 9.17) is 0 Å². The van der Waals surface area contributed by atoms with E-state index in [1.807, 2.05) is 66.7 Å². The van der Waals surface area contributed by atoms with Crippen LogP contribution in [0.2, 0.25) is 0 Å². The zero-order chi connectivity index (χ0) is 24.2. The van der Waals surface area contributed by atoms with Crippen molar-refractivity contribution in [3.8, 4) is 11.4 Å². The number of hydrogen-bond acceptors (Lipinski definition) is 3. The van der Waals surface area contributed by atoms with E-state index in [1.165, 1.54) is 4.57 Å². The van der Waals surface area contributed by atoms with Gasteiger partial charge < -0.3 is 4.57 Å². The molecule has 0 aliphatic rings. The van der Waals surface area contributed by atoms with E-state index in [0.717, 1.165) is 27.5 Å². The van der Waals surface area contributed by atoms with Crippen LogP contribution in [0.4, 0.5) is 0 Å². The van der Waals surface area contributed by atoms with Gasteiger partial charge in [-0.25, -0.2) is 4.57 Å². The Labute approximate surface area is 205 Å². The molecule has 36 heavy (non-hydrogen) atoms. The van der Waals surface area contributed by atoms with E-state index in [9.17, 15) is 9.59 Å². The topological polar surface area (TPSA) is 56.9 Å². The molecule has 0 aliphatic carbocycles. The summed E-state index contributed by atoms with van der Waals surface area (Å²) in [7, 11) is 0. The average Bonchev–Trinajstić information content (AvgIpc) is 3.22. The van der Waals surface area contributed by atoms with Crippen LogP contribution in [-0.4, -0.2) is 14.1 Å². The van der Waals surface area contributed by atoms with Crippen LogP contribution >= 0.6 is 0 Å². The molecule has 0 fully saturated rings. The van der Waals surface area contributed by atoms with Gasteiger partial charge in [0.05, 0.1) is 16.7 Å². The first kappa shape index (κ1) is 20.4. The van der Waals surface area contributed by atoms with Gasteiger partial charge in [0.25, 0.3) is 11.1 Å². The molecule has 7 rings (SSSR count). The maximum absolute atomic E-state index is 14.0. The Balaban J connectivity index is 1.76. The monoisotopic (exact) mass is 465 g/mol. The summed E-state index contributed by atoms with van der Waals surface area (Å²) in [6.45, 7) is 0. The lowest BCUT2D eigenvalue weighted by atomic mass is 10.1. The highest BCUT2D eigenvalue weighted by atomic mass is 16.2. The standard InChI is InChI=1S/C31H19N3O2/c35-30-26-18-25-22-14-7-8-16-27(22)33(20-10-3-1-4-11-20)28(25)19-24(26)23-15-9-17-32-29(23)31(36)34(30)21-12-5-2-6-13-21/h1-19H. The second kappa shape index (κ2) is 7.75. The van der Waals surface area contributed by atoms with E-state index in [0.29, 0.717) is 21.8 Å². The molecule has 5 nitrogen and oxygen atoms in total. The summed E-state index contributed by atoms with van der Waals surface area (Å²) >= 11 is 0. The first-order valence-electron chi connectivity index (χ1n) is 11.7. The Hall–Kier alpha value is -5.03. The van der Waals surface area contributed by atoms with Crippen molar-refractivity contribution in [2.75, 3.05) is 0 Å². The third-order valence-corrected chi connectivity index (χ3v) is 6.78. The Morgan fingerprint density at radius 2 is 1.11 bits per heavy atom. The zero-order valence-corrected chi connectivity index (χ0v) is 19.1. The summed E-state index contributed by atoms with van der Waals surface area (Å²) in [5.41, 5.74) is 3.02. The van der Waals surface area contributed by atoms with E-state index in [1.54, 1.807) is 24.4 Å². The van der Waals surface area contributed by atoms with Crippen LogP contribution < -0.4 is 11.1 Å². The molecular formula is C31H19N3O2. The molecule has 5 heteroatoms. The van der Waals surface area contributed by atoms with Crippen LogP contribution in [0.3, 0.4) is 0 Å². The highest BCUT2D eigenvalue weighted by molar-refractivity contribution is 6.17. The maximum Gasteiger partial charge on any atom is 0.284 e. The normalized spacial score (nSPS) is 11.6. The smallest absolute Gasteiger partial charge is 0.284 e. The average molecular weight is 466 g/mol. The van der Waals surface area contributed by atoms with Gasteiger partial charge in [0.15, 0.2) is 0 Å². The Morgan fingerprint density at radius 1 is 0.472 bits per heavy atom. The van der Waals surface area contributed by atoms with E-state index >= 15 is 0 Å².